The first-order valence-corrected chi connectivity index (χ1v) is 17.6. The van der Waals surface area contributed by atoms with Gasteiger partial charge in [-0.15, -0.1) is 0 Å². The topological polar surface area (TPSA) is 156 Å². The molecule has 0 aromatic heterocycles. The lowest BCUT2D eigenvalue weighted by Gasteiger charge is -2.42. The molecule has 3 aliphatic heterocycles. The molecule has 3 aliphatic rings. The van der Waals surface area contributed by atoms with Crippen molar-refractivity contribution in [2.75, 3.05) is 33.2 Å². The zero-order valence-corrected chi connectivity index (χ0v) is 31.9. The van der Waals surface area contributed by atoms with E-state index in [1.807, 2.05) is 26.8 Å². The molecule has 1 aromatic carbocycles. The van der Waals surface area contributed by atoms with Gasteiger partial charge in [-0.3, -0.25) is 14.9 Å². The Morgan fingerprint density at radius 2 is 1.90 bits per heavy atom. The van der Waals surface area contributed by atoms with Gasteiger partial charge in [-0.25, -0.2) is 9.59 Å². The third-order valence-corrected chi connectivity index (χ3v) is 10.5. The number of esters is 1. The third kappa shape index (κ3) is 8.88. The Bertz CT molecular complexity index is 1560. The summed E-state index contributed by atoms with van der Waals surface area (Å²) < 4.78 is 29.2. The lowest BCUT2D eigenvalue weighted by atomic mass is 9.83. The second-order valence-electron chi connectivity index (χ2n) is 14.5. The van der Waals surface area contributed by atoms with E-state index in [2.05, 4.69) is 5.32 Å². The van der Waals surface area contributed by atoms with Gasteiger partial charge in [0.25, 0.3) is 0 Å². The first-order valence-electron chi connectivity index (χ1n) is 17.2. The van der Waals surface area contributed by atoms with E-state index >= 15 is 0 Å². The number of amides is 3. The highest BCUT2D eigenvalue weighted by Gasteiger charge is 2.64. The van der Waals surface area contributed by atoms with Crippen LogP contribution >= 0.6 is 11.6 Å². The van der Waals surface area contributed by atoms with Crippen LogP contribution in [0.2, 0.25) is 5.02 Å². The summed E-state index contributed by atoms with van der Waals surface area (Å²) in [5, 5.41) is 14.5. The van der Waals surface area contributed by atoms with Crippen molar-refractivity contribution in [3.05, 3.63) is 46.5 Å². The zero-order valence-electron chi connectivity index (χ0n) is 31.2. The molecule has 14 heteroatoms. The second-order valence-corrected chi connectivity index (χ2v) is 14.9. The molecule has 13 nitrogen and oxygen atoms in total. The molecule has 2 N–H and O–H groups in total. The number of ether oxygens (including phenoxy) is 5. The van der Waals surface area contributed by atoms with Gasteiger partial charge in [-0.2, -0.15) is 0 Å². The van der Waals surface area contributed by atoms with Crippen molar-refractivity contribution >= 4 is 41.2 Å². The fourth-order valence-corrected chi connectivity index (χ4v) is 7.02. The van der Waals surface area contributed by atoms with Crippen LogP contribution < -0.4 is 15.0 Å². The monoisotopic (exact) mass is 733 g/mol. The van der Waals surface area contributed by atoms with Gasteiger partial charge in [-0.05, 0) is 50.8 Å². The molecule has 0 spiro atoms. The molecule has 2 fully saturated rings. The minimum Gasteiger partial charge on any atom is -0.495 e. The number of aliphatic hydroxyl groups is 1. The predicted molar refractivity (Wildman–Crippen MR) is 190 cm³/mol. The van der Waals surface area contributed by atoms with Gasteiger partial charge in [0.2, 0.25) is 11.8 Å². The lowest BCUT2D eigenvalue weighted by molar-refractivity contribution is -0.162. The fraction of sp³-hybridized carbons (Fsp3) is 0.622. The molecule has 0 saturated carbocycles. The van der Waals surface area contributed by atoms with E-state index < -0.39 is 65.7 Å². The molecule has 282 valence electrons. The van der Waals surface area contributed by atoms with Crippen LogP contribution in [0.15, 0.2) is 35.9 Å². The summed E-state index contributed by atoms with van der Waals surface area (Å²) in [7, 11) is 6.04. The Labute approximate surface area is 305 Å². The number of allylic oxidation sites excluding steroid dienone is 3. The molecular formula is C37H52ClN3O10. The Balaban J connectivity index is 1.77. The van der Waals surface area contributed by atoms with Gasteiger partial charge < -0.3 is 38.6 Å². The summed E-state index contributed by atoms with van der Waals surface area (Å²) >= 11 is 6.75. The van der Waals surface area contributed by atoms with Crippen LogP contribution in [0.3, 0.4) is 0 Å². The Morgan fingerprint density at radius 3 is 2.53 bits per heavy atom. The number of carbonyl (C=O) groups is 4. The average Bonchev–Trinajstić information content (AvgIpc) is 3.76. The maximum atomic E-state index is 14.1. The van der Waals surface area contributed by atoms with E-state index in [1.165, 1.54) is 31.1 Å². The van der Waals surface area contributed by atoms with Crippen molar-refractivity contribution in [1.29, 1.82) is 0 Å². The number of rotatable bonds is 7. The quantitative estimate of drug-likeness (QED) is 0.301. The third-order valence-electron chi connectivity index (χ3n) is 10.1. The Kier molecular flexibility index (Phi) is 12.5. The number of fused-ring (bicyclic) bond motifs is 5. The van der Waals surface area contributed by atoms with E-state index in [1.54, 1.807) is 52.1 Å². The van der Waals surface area contributed by atoms with E-state index in [0.29, 0.717) is 17.9 Å². The number of epoxide rings is 1. The van der Waals surface area contributed by atoms with Crippen LogP contribution in [0.5, 0.6) is 5.75 Å². The number of halogens is 1. The molecule has 3 amide bonds. The number of nitrogens with zero attached hydrogens (tertiary/aromatic N) is 2. The number of carbonyl (C=O) groups excluding carboxylic acids is 4. The number of anilines is 1. The summed E-state index contributed by atoms with van der Waals surface area (Å²) in [6.07, 6.45) is 1.26. The Hall–Kier alpha value is -3.65. The van der Waals surface area contributed by atoms with E-state index in [4.69, 9.17) is 35.3 Å². The number of alkyl carbamates (subject to hydrolysis) is 1. The first-order chi connectivity index (χ1) is 23.8. The molecule has 1 aromatic rings. The predicted octanol–water partition coefficient (Wildman–Crippen LogP) is 4.56. The van der Waals surface area contributed by atoms with Crippen LogP contribution in [0, 0.1) is 11.8 Å². The molecule has 1 unspecified atom stereocenters. The van der Waals surface area contributed by atoms with Gasteiger partial charge >= 0.3 is 12.1 Å². The van der Waals surface area contributed by atoms with E-state index in [9.17, 15) is 24.3 Å². The number of benzene rings is 1. The fourth-order valence-electron chi connectivity index (χ4n) is 6.71. The molecule has 3 heterocycles. The highest BCUT2D eigenvalue weighted by Crippen LogP contribution is 2.49. The van der Waals surface area contributed by atoms with Crippen molar-refractivity contribution in [2.45, 2.75) is 109 Å². The second kappa shape index (κ2) is 15.9. The van der Waals surface area contributed by atoms with Crippen molar-refractivity contribution in [2.24, 2.45) is 11.8 Å². The van der Waals surface area contributed by atoms with Gasteiger partial charge in [0.1, 0.15) is 40.7 Å². The number of hydrogen-bond donors (Lipinski definition) is 2. The molecular weight excluding hydrogens is 682 g/mol. The van der Waals surface area contributed by atoms with Crippen molar-refractivity contribution in [1.82, 2.24) is 10.2 Å². The molecule has 0 aliphatic carbocycles. The smallest absolute Gasteiger partial charge is 0.409 e. The lowest BCUT2D eigenvalue weighted by Crippen LogP contribution is -2.63. The minimum absolute atomic E-state index is 0.0442. The Morgan fingerprint density at radius 1 is 1.22 bits per heavy atom. The molecule has 8 atom stereocenters. The number of likely N-dealkylation sites (N-methyl/N-ethyl adjacent to an activating group) is 1. The van der Waals surface area contributed by atoms with Crippen LogP contribution in [-0.2, 0) is 39.8 Å². The number of methoxy groups -OCH3 is 2. The summed E-state index contributed by atoms with van der Waals surface area (Å²) in [4.78, 5) is 56.1. The summed E-state index contributed by atoms with van der Waals surface area (Å²) in [6, 6.07) is 2.64. The van der Waals surface area contributed by atoms with Crippen molar-refractivity contribution in [3.63, 3.8) is 0 Å². The standard InChI is InChI=1S/C37H52ClN3O10/c1-20(2)14-30(42)40(7)23(5)34(44)50-29-18-31(43)41(8)25-16-24(17-26(47-9)32(25)38)15-21(3)12-11-13-28(48-10)37(46)19-27(49-35(45)39-37)22(4)33-36(29,6)51-33/h11-13,16-17,20,22-23,27-29,33,46H,14-15,18-19H2,1-10H3,(H,39,45)/b13-11+,21-12+/t22-,23+,27+,28-,29-,33?,36+,37+/m1/s1. The highest BCUT2D eigenvalue weighted by molar-refractivity contribution is 6.35. The average molecular weight is 734 g/mol. The van der Waals surface area contributed by atoms with Crippen LogP contribution in [0.25, 0.3) is 0 Å². The van der Waals surface area contributed by atoms with Gasteiger partial charge in [0.15, 0.2) is 5.72 Å². The largest absolute Gasteiger partial charge is 0.495 e. The van der Waals surface area contributed by atoms with Crippen molar-refractivity contribution < 1.29 is 48.0 Å². The summed E-state index contributed by atoms with van der Waals surface area (Å²) in [6.45, 7) is 10.8. The zero-order chi connectivity index (χ0) is 38.0. The first kappa shape index (κ1) is 40.1. The van der Waals surface area contributed by atoms with Crippen LogP contribution in [0.1, 0.15) is 66.4 Å². The molecule has 2 saturated heterocycles. The number of hydrogen-bond acceptors (Lipinski definition) is 10. The van der Waals surface area contributed by atoms with Gasteiger partial charge in [0, 0.05) is 40.0 Å². The minimum atomic E-state index is -1.82. The molecule has 0 radical (unpaired) electrons. The summed E-state index contributed by atoms with van der Waals surface area (Å²) in [5.74, 6) is -1.41. The normalized spacial score (nSPS) is 32.1. The molecule has 51 heavy (non-hydrogen) atoms. The van der Waals surface area contributed by atoms with Gasteiger partial charge in [-0.1, -0.05) is 56.2 Å². The maximum Gasteiger partial charge on any atom is 0.409 e. The summed E-state index contributed by atoms with van der Waals surface area (Å²) in [5.41, 5.74) is -0.878. The van der Waals surface area contributed by atoms with E-state index in [-0.39, 0.29) is 36.1 Å². The van der Waals surface area contributed by atoms with E-state index in [0.717, 1.165) is 11.1 Å². The SMILES string of the molecule is COc1cc2cc(c1Cl)N(C)C(=O)C[C@@H](OC(=O)[C@H](C)N(C)C(=O)CC(C)C)[C@]1(C)OC1[C@H](C)[C@@H]1C[C@@](O)(NC(=O)O1)[C@H](OC)/C=C/C=C(\C)C2. The molecule has 4 rings (SSSR count). The van der Waals surface area contributed by atoms with Crippen molar-refractivity contribution in [3.8, 4) is 5.75 Å². The van der Waals surface area contributed by atoms with Crippen LogP contribution in [0.4, 0.5) is 10.5 Å². The van der Waals surface area contributed by atoms with Gasteiger partial charge in [0.05, 0.1) is 25.3 Å². The molecule has 4 bridgehead atoms. The highest BCUT2D eigenvalue weighted by atomic mass is 35.5. The maximum absolute atomic E-state index is 14.1. The number of nitrogens with one attached hydrogen (secondary N) is 1. The van der Waals surface area contributed by atoms with Crippen LogP contribution in [-0.4, -0.2) is 104 Å².